The van der Waals surface area contributed by atoms with Crippen molar-refractivity contribution >= 4 is 41.1 Å². The largest absolute Gasteiger partial charge is 0.456 e. The van der Waals surface area contributed by atoms with Gasteiger partial charge in [-0.05, 0) is 31.5 Å². The molecule has 11 nitrogen and oxygen atoms in total. The number of carbonyl (C=O) groups excluding carboxylic acids is 2. The highest BCUT2D eigenvalue weighted by Gasteiger charge is 2.60. The number of fused-ring (bicyclic) bond motifs is 2. The number of nitro benzene ring substituents is 1. The highest BCUT2D eigenvalue weighted by atomic mass is 32.2. The summed E-state index contributed by atoms with van der Waals surface area (Å²) < 4.78 is 7.43. The van der Waals surface area contributed by atoms with E-state index < -0.39 is 22.9 Å². The van der Waals surface area contributed by atoms with Gasteiger partial charge in [0.2, 0.25) is 5.91 Å². The average Bonchev–Trinajstić information content (AvgIpc) is 3.32. The highest BCUT2D eigenvalue weighted by molar-refractivity contribution is 8.05. The molecule has 0 spiro atoms. The van der Waals surface area contributed by atoms with Crippen molar-refractivity contribution in [1.82, 2.24) is 19.7 Å². The number of aromatic nitrogens is 3. The smallest absolute Gasteiger partial charge is 0.356 e. The molecule has 0 aliphatic carbocycles. The number of aliphatic hydroxyl groups is 1. The van der Waals surface area contributed by atoms with Gasteiger partial charge < -0.3 is 14.7 Å². The summed E-state index contributed by atoms with van der Waals surface area (Å²) in [6, 6.07) is 5.46. The zero-order valence-corrected chi connectivity index (χ0v) is 21.5. The Morgan fingerprint density at radius 1 is 1.39 bits per heavy atom. The first-order valence-electron chi connectivity index (χ1n) is 11.5. The molecule has 1 amide bonds. The van der Waals surface area contributed by atoms with E-state index in [2.05, 4.69) is 10.1 Å². The molecule has 0 radical (unpaired) electrons. The Bertz CT molecular complexity index is 1260. The molecule has 1 aromatic heterocycles. The van der Waals surface area contributed by atoms with Gasteiger partial charge in [0.15, 0.2) is 5.16 Å². The minimum atomic E-state index is -0.825. The zero-order chi connectivity index (χ0) is 25.7. The molecule has 13 heteroatoms. The standard InChI is InChI=1S/C23H25N5O6S2/c1-11-18-17(12(2)29)21(30)27(18)19(22(31)34-9-14-4-6-15(7-5-14)28(32)33)20(11)36-16-8-26-23(35-10-16)24-13(3)25-26/h4-7,11-12,16-18,29H,8-10H2,1-3H3/t11-,12-,16?,17-,18-/m1/s1. The van der Waals surface area contributed by atoms with Crippen LogP contribution < -0.4 is 0 Å². The summed E-state index contributed by atoms with van der Waals surface area (Å²) in [4.78, 5) is 43.3. The quantitative estimate of drug-likeness (QED) is 0.245. The minimum absolute atomic E-state index is 0.0506. The minimum Gasteiger partial charge on any atom is -0.456 e. The Kier molecular flexibility index (Phi) is 6.55. The molecule has 3 aliphatic rings. The molecule has 36 heavy (non-hydrogen) atoms. The molecule has 1 aromatic carbocycles. The number of nitro groups is 1. The summed E-state index contributed by atoms with van der Waals surface area (Å²) in [7, 11) is 0. The number of thioether (sulfide) groups is 2. The molecule has 5 rings (SSSR count). The molecule has 1 saturated heterocycles. The second kappa shape index (κ2) is 9.52. The number of carbonyl (C=O) groups is 2. The van der Waals surface area contributed by atoms with Crippen LogP contribution in [0.3, 0.4) is 0 Å². The first-order chi connectivity index (χ1) is 17.2. The van der Waals surface area contributed by atoms with Crippen molar-refractivity contribution in [2.75, 3.05) is 5.75 Å². The third kappa shape index (κ3) is 4.28. The van der Waals surface area contributed by atoms with Crippen molar-refractivity contribution in [3.05, 3.63) is 56.4 Å². The fourth-order valence-electron chi connectivity index (χ4n) is 4.93. The molecular formula is C23H25N5O6S2. The van der Waals surface area contributed by atoms with Gasteiger partial charge in [0, 0.05) is 34.0 Å². The number of rotatable bonds is 7. The van der Waals surface area contributed by atoms with E-state index in [4.69, 9.17) is 4.74 Å². The number of aryl methyl sites for hydroxylation is 1. The second-order valence-electron chi connectivity index (χ2n) is 9.14. The summed E-state index contributed by atoms with van der Waals surface area (Å²) in [5.41, 5.74) is 0.776. The van der Waals surface area contributed by atoms with E-state index in [-0.39, 0.29) is 41.1 Å². The number of amides is 1. The second-order valence-corrected chi connectivity index (χ2v) is 11.5. The van der Waals surface area contributed by atoms with Gasteiger partial charge in [-0.1, -0.05) is 18.7 Å². The third-order valence-electron chi connectivity index (χ3n) is 6.63. The van der Waals surface area contributed by atoms with Gasteiger partial charge in [-0.2, -0.15) is 5.10 Å². The summed E-state index contributed by atoms with van der Waals surface area (Å²) in [6.07, 6.45) is -0.825. The van der Waals surface area contributed by atoms with Crippen LogP contribution in [-0.2, 0) is 27.5 Å². The molecule has 2 aromatic rings. The molecule has 1 N–H and O–H groups in total. The number of non-ortho nitro benzene ring substituents is 1. The maximum atomic E-state index is 13.3. The number of aliphatic hydroxyl groups excluding tert-OH is 1. The van der Waals surface area contributed by atoms with E-state index in [0.29, 0.717) is 17.9 Å². The van der Waals surface area contributed by atoms with Crippen molar-refractivity contribution in [3.63, 3.8) is 0 Å². The number of hydrogen-bond donors (Lipinski definition) is 1. The van der Waals surface area contributed by atoms with Crippen molar-refractivity contribution in [2.45, 2.75) is 56.5 Å². The fraction of sp³-hybridized carbons (Fsp3) is 0.478. The van der Waals surface area contributed by atoms with E-state index in [1.165, 1.54) is 29.2 Å². The lowest BCUT2D eigenvalue weighted by molar-refractivity contribution is -0.384. The van der Waals surface area contributed by atoms with Crippen LogP contribution in [0.5, 0.6) is 0 Å². The predicted molar refractivity (Wildman–Crippen MR) is 132 cm³/mol. The van der Waals surface area contributed by atoms with Gasteiger partial charge in [0.25, 0.3) is 5.69 Å². The summed E-state index contributed by atoms with van der Waals surface area (Å²) in [6.45, 7) is 5.96. The molecule has 3 aliphatic heterocycles. The van der Waals surface area contributed by atoms with Gasteiger partial charge >= 0.3 is 5.97 Å². The Balaban J connectivity index is 1.38. The molecular weight excluding hydrogens is 506 g/mol. The molecule has 4 heterocycles. The summed E-state index contributed by atoms with van der Waals surface area (Å²) >= 11 is 3.16. The number of esters is 1. The lowest BCUT2D eigenvalue weighted by Crippen LogP contribution is -2.63. The van der Waals surface area contributed by atoms with Gasteiger partial charge in [-0.25, -0.2) is 14.5 Å². The maximum Gasteiger partial charge on any atom is 0.356 e. The number of nitrogens with zero attached hydrogens (tertiary/aromatic N) is 5. The molecule has 0 bridgehead atoms. The first-order valence-corrected chi connectivity index (χ1v) is 13.4. The SMILES string of the molecule is Cc1nc2n(n1)CC(SC1=C(C(=O)OCc3ccc([N+](=O)[O-])cc3)N3C(=O)[C@H]([C@@H](C)O)[C@H]3[C@H]1C)CS2. The Morgan fingerprint density at radius 2 is 2.11 bits per heavy atom. The summed E-state index contributed by atoms with van der Waals surface area (Å²) in [5.74, 6) is -0.126. The number of hydrogen-bond acceptors (Lipinski definition) is 10. The number of ether oxygens (including phenoxy) is 1. The monoisotopic (exact) mass is 531 g/mol. The average molecular weight is 532 g/mol. The number of β-lactam (4-membered cyclic amide) rings is 1. The zero-order valence-electron chi connectivity index (χ0n) is 19.9. The van der Waals surface area contributed by atoms with Crippen LogP contribution in [0.4, 0.5) is 5.69 Å². The molecule has 0 saturated carbocycles. The first kappa shape index (κ1) is 24.8. The van der Waals surface area contributed by atoms with Crippen molar-refractivity contribution in [2.24, 2.45) is 11.8 Å². The van der Waals surface area contributed by atoms with Crippen LogP contribution in [-0.4, -0.2) is 64.7 Å². The maximum absolute atomic E-state index is 13.3. The fourth-order valence-corrected chi connectivity index (χ4v) is 7.53. The lowest BCUT2D eigenvalue weighted by atomic mass is 9.79. The van der Waals surface area contributed by atoms with Crippen LogP contribution in [0.25, 0.3) is 0 Å². The Labute approximate surface area is 215 Å². The van der Waals surface area contributed by atoms with Crippen LogP contribution in [0.1, 0.15) is 25.2 Å². The van der Waals surface area contributed by atoms with E-state index in [0.717, 1.165) is 15.8 Å². The van der Waals surface area contributed by atoms with Gasteiger partial charge in [-0.15, -0.1) is 11.8 Å². The molecule has 190 valence electrons. The predicted octanol–water partition coefficient (Wildman–Crippen LogP) is 2.51. The van der Waals surface area contributed by atoms with Crippen molar-refractivity contribution in [1.29, 1.82) is 0 Å². The Hall–Kier alpha value is -2.90. The van der Waals surface area contributed by atoms with Crippen molar-refractivity contribution in [3.8, 4) is 0 Å². The molecule has 5 atom stereocenters. The molecule has 1 unspecified atom stereocenters. The topological polar surface area (TPSA) is 141 Å². The van der Waals surface area contributed by atoms with E-state index in [1.807, 2.05) is 18.5 Å². The number of benzene rings is 1. The lowest BCUT2D eigenvalue weighted by Gasteiger charge is -2.46. The Morgan fingerprint density at radius 3 is 2.78 bits per heavy atom. The van der Waals surface area contributed by atoms with Crippen molar-refractivity contribution < 1.29 is 24.4 Å². The van der Waals surface area contributed by atoms with E-state index in [9.17, 15) is 24.8 Å². The van der Waals surface area contributed by atoms with E-state index in [1.54, 1.807) is 30.4 Å². The van der Waals surface area contributed by atoms with Crippen LogP contribution in [0.2, 0.25) is 0 Å². The van der Waals surface area contributed by atoms with Gasteiger partial charge in [0.1, 0.15) is 18.1 Å². The molecule has 1 fully saturated rings. The van der Waals surface area contributed by atoms with Crippen LogP contribution in [0.15, 0.2) is 40.0 Å². The highest BCUT2D eigenvalue weighted by Crippen LogP contribution is 2.52. The van der Waals surface area contributed by atoms with Crippen LogP contribution in [0, 0.1) is 28.9 Å². The van der Waals surface area contributed by atoms with Gasteiger partial charge in [-0.3, -0.25) is 14.9 Å². The van der Waals surface area contributed by atoms with Crippen LogP contribution >= 0.6 is 23.5 Å². The van der Waals surface area contributed by atoms with Gasteiger partial charge in [0.05, 0.1) is 29.5 Å². The van der Waals surface area contributed by atoms with E-state index >= 15 is 0 Å². The third-order valence-corrected chi connectivity index (χ3v) is 9.44. The normalized spacial score (nSPS) is 25.8. The summed E-state index contributed by atoms with van der Waals surface area (Å²) in [5, 5.41) is 26.5.